The smallest absolute Gasteiger partial charge is 0.232 e. The van der Waals surface area contributed by atoms with E-state index in [1.807, 2.05) is 11.8 Å². The molecule has 0 aromatic heterocycles. The van der Waals surface area contributed by atoms with Gasteiger partial charge in [0.05, 0.1) is 5.75 Å². The van der Waals surface area contributed by atoms with E-state index in [1.54, 1.807) is 0 Å². The molecule has 0 spiro atoms. The van der Waals surface area contributed by atoms with Gasteiger partial charge in [0.1, 0.15) is 0 Å². The van der Waals surface area contributed by atoms with Gasteiger partial charge < -0.3 is 4.90 Å². The number of nitrogens with zero attached hydrogens (tertiary/aromatic N) is 1. The molecule has 0 bridgehead atoms. The summed E-state index contributed by atoms with van der Waals surface area (Å²) < 4.78 is 0. The minimum Gasteiger partial charge on any atom is -0.342 e. The molecule has 66 valence electrons. The summed E-state index contributed by atoms with van der Waals surface area (Å²) in [5.41, 5.74) is 0. The molecule has 0 fully saturated rings. The third kappa shape index (κ3) is 4.30. The lowest BCUT2D eigenvalue weighted by Gasteiger charge is -2.21. The first-order valence-corrected chi connectivity index (χ1v) is 4.63. The van der Waals surface area contributed by atoms with Gasteiger partial charge in [-0.05, 0) is 12.8 Å². The van der Waals surface area contributed by atoms with Gasteiger partial charge in [0.2, 0.25) is 5.91 Å². The standard InChI is InChI=1S/C8H17NOS/c1-4-9(5-7(2)3)8(10)6-11/h7,11H,4-6H2,1-3H3. The van der Waals surface area contributed by atoms with Crippen LogP contribution in [0.5, 0.6) is 0 Å². The predicted octanol–water partition coefficient (Wildman–Crippen LogP) is 1.42. The Kier molecular flexibility index (Phi) is 5.38. The lowest BCUT2D eigenvalue weighted by Crippen LogP contribution is -2.34. The topological polar surface area (TPSA) is 20.3 Å². The van der Waals surface area contributed by atoms with E-state index in [1.165, 1.54) is 0 Å². The molecule has 0 atom stereocenters. The molecule has 1 amide bonds. The van der Waals surface area contributed by atoms with Crippen molar-refractivity contribution < 1.29 is 4.79 Å². The fourth-order valence-corrected chi connectivity index (χ4v) is 1.15. The molecular formula is C8H17NOS. The summed E-state index contributed by atoms with van der Waals surface area (Å²) in [6, 6.07) is 0. The van der Waals surface area contributed by atoms with Gasteiger partial charge in [0.15, 0.2) is 0 Å². The summed E-state index contributed by atoms with van der Waals surface area (Å²) in [5.74, 6) is 0.990. The quantitative estimate of drug-likeness (QED) is 0.641. The third-order valence-electron chi connectivity index (χ3n) is 1.46. The maximum atomic E-state index is 11.1. The summed E-state index contributed by atoms with van der Waals surface area (Å²) in [6.45, 7) is 7.83. The average molecular weight is 175 g/mol. The van der Waals surface area contributed by atoms with Crippen molar-refractivity contribution >= 4 is 18.5 Å². The van der Waals surface area contributed by atoms with Crippen LogP contribution >= 0.6 is 12.6 Å². The zero-order valence-electron chi connectivity index (χ0n) is 7.50. The highest BCUT2D eigenvalue weighted by Crippen LogP contribution is 1.99. The molecule has 0 saturated carbocycles. The van der Waals surface area contributed by atoms with Crippen molar-refractivity contribution in [2.45, 2.75) is 20.8 Å². The minimum atomic E-state index is 0.129. The van der Waals surface area contributed by atoms with Crippen molar-refractivity contribution in [2.75, 3.05) is 18.8 Å². The third-order valence-corrected chi connectivity index (χ3v) is 1.73. The number of hydrogen-bond acceptors (Lipinski definition) is 2. The largest absolute Gasteiger partial charge is 0.342 e. The Morgan fingerprint density at radius 3 is 2.36 bits per heavy atom. The van der Waals surface area contributed by atoms with E-state index in [0.29, 0.717) is 11.7 Å². The highest BCUT2D eigenvalue weighted by Gasteiger charge is 2.09. The molecule has 0 heterocycles. The van der Waals surface area contributed by atoms with Crippen molar-refractivity contribution in [3.63, 3.8) is 0 Å². The SMILES string of the molecule is CCN(CC(C)C)C(=O)CS. The lowest BCUT2D eigenvalue weighted by molar-refractivity contribution is -0.128. The van der Waals surface area contributed by atoms with Crippen LogP contribution in [-0.2, 0) is 4.79 Å². The number of rotatable bonds is 4. The summed E-state index contributed by atoms with van der Waals surface area (Å²) >= 11 is 3.94. The maximum Gasteiger partial charge on any atom is 0.232 e. The first kappa shape index (κ1) is 10.8. The van der Waals surface area contributed by atoms with E-state index in [-0.39, 0.29) is 5.91 Å². The molecule has 0 N–H and O–H groups in total. The number of amides is 1. The normalized spacial score (nSPS) is 10.3. The monoisotopic (exact) mass is 175 g/mol. The van der Waals surface area contributed by atoms with Gasteiger partial charge in [-0.15, -0.1) is 0 Å². The zero-order chi connectivity index (χ0) is 8.85. The van der Waals surface area contributed by atoms with Gasteiger partial charge in [-0.2, -0.15) is 12.6 Å². The molecule has 0 aliphatic heterocycles. The van der Waals surface area contributed by atoms with Crippen molar-refractivity contribution in [2.24, 2.45) is 5.92 Å². The molecular weight excluding hydrogens is 158 g/mol. The fourth-order valence-electron chi connectivity index (χ4n) is 0.948. The Hall–Kier alpha value is -0.180. The Morgan fingerprint density at radius 2 is 2.09 bits per heavy atom. The second-order valence-electron chi connectivity index (χ2n) is 2.98. The van der Waals surface area contributed by atoms with Crippen LogP contribution < -0.4 is 0 Å². The van der Waals surface area contributed by atoms with Crippen molar-refractivity contribution in [1.82, 2.24) is 4.90 Å². The molecule has 0 aliphatic rings. The van der Waals surface area contributed by atoms with E-state index >= 15 is 0 Å². The summed E-state index contributed by atoms with van der Waals surface area (Å²) in [4.78, 5) is 13.0. The van der Waals surface area contributed by atoms with Gasteiger partial charge >= 0.3 is 0 Å². The number of thiol groups is 1. The van der Waals surface area contributed by atoms with E-state index in [9.17, 15) is 4.79 Å². The number of carbonyl (C=O) groups is 1. The summed E-state index contributed by atoms with van der Waals surface area (Å²) in [7, 11) is 0. The van der Waals surface area contributed by atoms with E-state index in [4.69, 9.17) is 0 Å². The van der Waals surface area contributed by atoms with E-state index < -0.39 is 0 Å². The highest BCUT2D eigenvalue weighted by molar-refractivity contribution is 7.81. The van der Waals surface area contributed by atoms with Crippen LogP contribution in [-0.4, -0.2) is 29.6 Å². The molecule has 0 saturated heterocycles. The molecule has 0 radical (unpaired) electrons. The van der Waals surface area contributed by atoms with Crippen molar-refractivity contribution in [1.29, 1.82) is 0 Å². The van der Waals surface area contributed by atoms with Crippen LogP contribution in [0.2, 0.25) is 0 Å². The van der Waals surface area contributed by atoms with Crippen LogP contribution in [0.25, 0.3) is 0 Å². The van der Waals surface area contributed by atoms with Gasteiger partial charge in [-0.3, -0.25) is 4.79 Å². The van der Waals surface area contributed by atoms with E-state index in [2.05, 4.69) is 26.5 Å². The molecule has 0 aliphatic carbocycles. The highest BCUT2D eigenvalue weighted by atomic mass is 32.1. The second-order valence-corrected chi connectivity index (χ2v) is 3.30. The van der Waals surface area contributed by atoms with Crippen LogP contribution in [0.3, 0.4) is 0 Å². The number of hydrogen-bond donors (Lipinski definition) is 1. The minimum absolute atomic E-state index is 0.129. The van der Waals surface area contributed by atoms with Crippen LogP contribution in [0, 0.1) is 5.92 Å². The molecule has 11 heavy (non-hydrogen) atoms. The fraction of sp³-hybridized carbons (Fsp3) is 0.875. The van der Waals surface area contributed by atoms with Crippen LogP contribution in [0.15, 0.2) is 0 Å². The number of carbonyl (C=O) groups excluding carboxylic acids is 1. The summed E-state index contributed by atoms with van der Waals surface area (Å²) in [5, 5.41) is 0. The Bertz CT molecular complexity index is 125. The predicted molar refractivity (Wildman–Crippen MR) is 50.9 cm³/mol. The van der Waals surface area contributed by atoms with Crippen LogP contribution in [0.4, 0.5) is 0 Å². The van der Waals surface area contributed by atoms with Crippen LogP contribution in [0.1, 0.15) is 20.8 Å². The lowest BCUT2D eigenvalue weighted by atomic mass is 10.2. The molecule has 3 heteroatoms. The zero-order valence-corrected chi connectivity index (χ0v) is 8.40. The van der Waals surface area contributed by atoms with Gasteiger partial charge in [-0.25, -0.2) is 0 Å². The van der Waals surface area contributed by atoms with Crippen molar-refractivity contribution in [3.05, 3.63) is 0 Å². The van der Waals surface area contributed by atoms with Gasteiger partial charge in [-0.1, -0.05) is 13.8 Å². The Labute approximate surface area is 74.4 Å². The molecule has 0 aromatic carbocycles. The first-order chi connectivity index (χ1) is 5.11. The average Bonchev–Trinajstić information content (AvgIpc) is 1.98. The van der Waals surface area contributed by atoms with Gasteiger partial charge in [0.25, 0.3) is 0 Å². The Morgan fingerprint density at radius 1 is 1.55 bits per heavy atom. The maximum absolute atomic E-state index is 11.1. The van der Waals surface area contributed by atoms with Crippen molar-refractivity contribution in [3.8, 4) is 0 Å². The molecule has 0 unspecified atom stereocenters. The molecule has 0 aromatic rings. The Balaban J connectivity index is 3.84. The molecule has 2 nitrogen and oxygen atoms in total. The van der Waals surface area contributed by atoms with Gasteiger partial charge in [0, 0.05) is 13.1 Å². The molecule has 0 rings (SSSR count). The second kappa shape index (κ2) is 5.47. The van der Waals surface area contributed by atoms with E-state index in [0.717, 1.165) is 13.1 Å². The summed E-state index contributed by atoms with van der Waals surface area (Å²) in [6.07, 6.45) is 0. The first-order valence-electron chi connectivity index (χ1n) is 4.00.